The van der Waals surface area contributed by atoms with Gasteiger partial charge in [-0.25, -0.2) is 0 Å². The van der Waals surface area contributed by atoms with Crippen LogP contribution in [0.15, 0.2) is 22.7 Å². The maximum atomic E-state index is 5.67. The summed E-state index contributed by atoms with van der Waals surface area (Å²) in [6.45, 7) is 7.84. The van der Waals surface area contributed by atoms with Gasteiger partial charge in [-0.1, -0.05) is 36.7 Å². The molecule has 0 N–H and O–H groups in total. The summed E-state index contributed by atoms with van der Waals surface area (Å²) in [5, 5.41) is 0. The van der Waals surface area contributed by atoms with Crippen LogP contribution >= 0.6 is 15.9 Å². The second-order valence-electron chi connectivity index (χ2n) is 5.05. The van der Waals surface area contributed by atoms with E-state index in [2.05, 4.69) is 42.8 Å². The van der Waals surface area contributed by atoms with Gasteiger partial charge in [-0.3, -0.25) is 0 Å². The van der Waals surface area contributed by atoms with Crippen molar-refractivity contribution in [2.75, 3.05) is 27.1 Å². The topological polar surface area (TPSA) is 27.7 Å². The third kappa shape index (κ3) is 4.96. The summed E-state index contributed by atoms with van der Waals surface area (Å²) in [4.78, 5) is 0. The van der Waals surface area contributed by atoms with E-state index in [-0.39, 0.29) is 12.2 Å². The Bertz CT molecular complexity index is 372. The lowest BCUT2D eigenvalue weighted by molar-refractivity contribution is -0.00918. The van der Waals surface area contributed by atoms with Crippen molar-refractivity contribution < 1.29 is 14.2 Å². The zero-order valence-corrected chi connectivity index (χ0v) is 13.0. The molecule has 1 rings (SSSR count). The SMILES string of the molecule is COCCOCOc1ccc(Br)cc1C(C)(C)C. The monoisotopic (exact) mass is 316 g/mol. The fraction of sp³-hybridized carbons (Fsp3) is 0.571. The zero-order chi connectivity index (χ0) is 13.6. The van der Waals surface area contributed by atoms with Crippen LogP contribution in [0.4, 0.5) is 0 Å². The van der Waals surface area contributed by atoms with Crippen molar-refractivity contribution >= 4 is 15.9 Å². The van der Waals surface area contributed by atoms with Gasteiger partial charge in [-0.05, 0) is 23.6 Å². The van der Waals surface area contributed by atoms with E-state index in [9.17, 15) is 0 Å². The molecular formula is C14H21BrO3. The summed E-state index contributed by atoms with van der Waals surface area (Å²) in [7, 11) is 1.65. The van der Waals surface area contributed by atoms with Crippen molar-refractivity contribution in [3.05, 3.63) is 28.2 Å². The molecule has 18 heavy (non-hydrogen) atoms. The first-order valence-electron chi connectivity index (χ1n) is 5.94. The maximum Gasteiger partial charge on any atom is 0.189 e. The number of benzene rings is 1. The molecule has 0 saturated heterocycles. The number of halogens is 1. The van der Waals surface area contributed by atoms with E-state index in [0.717, 1.165) is 15.8 Å². The molecule has 0 fully saturated rings. The number of methoxy groups -OCH3 is 1. The highest BCUT2D eigenvalue weighted by Gasteiger charge is 2.19. The normalized spacial score (nSPS) is 11.6. The average Bonchev–Trinajstić information content (AvgIpc) is 2.29. The minimum atomic E-state index is 0.0334. The fourth-order valence-corrected chi connectivity index (χ4v) is 1.88. The minimum absolute atomic E-state index is 0.0334. The van der Waals surface area contributed by atoms with Crippen LogP contribution in [0.3, 0.4) is 0 Å². The fourth-order valence-electron chi connectivity index (χ4n) is 1.52. The summed E-state index contributed by atoms with van der Waals surface area (Å²) in [6.07, 6.45) is 0. The maximum absolute atomic E-state index is 5.67. The summed E-state index contributed by atoms with van der Waals surface area (Å²) in [5.74, 6) is 0.864. The molecule has 0 aliphatic heterocycles. The Kier molecular flexibility index (Phi) is 6.12. The number of hydrogen-bond donors (Lipinski definition) is 0. The minimum Gasteiger partial charge on any atom is -0.467 e. The van der Waals surface area contributed by atoms with Gasteiger partial charge in [0.2, 0.25) is 0 Å². The molecule has 0 spiro atoms. The Morgan fingerprint density at radius 2 is 1.89 bits per heavy atom. The Labute approximate surface area is 118 Å². The molecule has 102 valence electrons. The molecule has 0 heterocycles. The lowest BCUT2D eigenvalue weighted by Crippen LogP contribution is -2.15. The summed E-state index contributed by atoms with van der Waals surface area (Å²) in [5.41, 5.74) is 1.19. The molecule has 0 aliphatic carbocycles. The highest BCUT2D eigenvalue weighted by molar-refractivity contribution is 9.10. The summed E-state index contributed by atoms with van der Waals surface area (Å²) < 4.78 is 16.9. The molecule has 3 nitrogen and oxygen atoms in total. The van der Waals surface area contributed by atoms with E-state index in [1.807, 2.05) is 12.1 Å². The molecule has 0 amide bonds. The van der Waals surface area contributed by atoms with Crippen LogP contribution in [-0.2, 0) is 14.9 Å². The van der Waals surface area contributed by atoms with Crippen LogP contribution in [0.2, 0.25) is 0 Å². The number of ether oxygens (including phenoxy) is 3. The summed E-state index contributed by atoms with van der Waals surface area (Å²) >= 11 is 3.49. The lowest BCUT2D eigenvalue weighted by atomic mass is 9.86. The number of hydrogen-bond acceptors (Lipinski definition) is 3. The molecule has 0 bridgehead atoms. The van der Waals surface area contributed by atoms with Crippen molar-refractivity contribution in [2.45, 2.75) is 26.2 Å². The first kappa shape index (κ1) is 15.5. The van der Waals surface area contributed by atoms with Crippen LogP contribution in [-0.4, -0.2) is 27.1 Å². The van der Waals surface area contributed by atoms with Crippen molar-refractivity contribution in [1.29, 1.82) is 0 Å². The molecule has 0 aliphatic rings. The smallest absolute Gasteiger partial charge is 0.189 e. The van der Waals surface area contributed by atoms with Gasteiger partial charge < -0.3 is 14.2 Å². The second kappa shape index (κ2) is 7.12. The second-order valence-corrected chi connectivity index (χ2v) is 5.97. The first-order valence-corrected chi connectivity index (χ1v) is 6.74. The Morgan fingerprint density at radius 3 is 2.50 bits per heavy atom. The van der Waals surface area contributed by atoms with Crippen molar-refractivity contribution in [1.82, 2.24) is 0 Å². The predicted octanol–water partition coefficient (Wildman–Crippen LogP) is 3.75. The standard InChI is InChI=1S/C14H21BrO3/c1-14(2,3)12-9-11(15)5-6-13(12)18-10-17-8-7-16-4/h5-6,9H,7-8,10H2,1-4H3. The predicted molar refractivity (Wildman–Crippen MR) is 76.2 cm³/mol. The Hall–Kier alpha value is -0.580. The number of rotatable bonds is 6. The van der Waals surface area contributed by atoms with Crippen LogP contribution < -0.4 is 4.74 Å². The zero-order valence-electron chi connectivity index (χ0n) is 11.5. The largest absolute Gasteiger partial charge is 0.467 e. The van der Waals surface area contributed by atoms with Crippen LogP contribution in [0.5, 0.6) is 5.75 Å². The highest BCUT2D eigenvalue weighted by Crippen LogP contribution is 2.33. The molecule has 1 aromatic rings. The molecule has 0 saturated carbocycles. The first-order chi connectivity index (χ1) is 8.45. The van der Waals surface area contributed by atoms with E-state index in [1.54, 1.807) is 7.11 Å². The van der Waals surface area contributed by atoms with Gasteiger partial charge in [0.1, 0.15) is 5.75 Å². The van der Waals surface area contributed by atoms with Gasteiger partial charge in [-0.2, -0.15) is 0 Å². The molecule has 0 radical (unpaired) electrons. The third-order valence-electron chi connectivity index (χ3n) is 2.48. The van der Waals surface area contributed by atoms with Gasteiger partial charge in [0.15, 0.2) is 6.79 Å². The van der Waals surface area contributed by atoms with E-state index < -0.39 is 0 Å². The van der Waals surface area contributed by atoms with Crippen LogP contribution in [0.1, 0.15) is 26.3 Å². The van der Waals surface area contributed by atoms with Gasteiger partial charge in [0, 0.05) is 17.1 Å². The van der Waals surface area contributed by atoms with Gasteiger partial charge >= 0.3 is 0 Å². The van der Waals surface area contributed by atoms with Crippen LogP contribution in [0, 0.1) is 0 Å². The quantitative estimate of drug-likeness (QED) is 0.591. The van der Waals surface area contributed by atoms with Crippen LogP contribution in [0.25, 0.3) is 0 Å². The molecular weight excluding hydrogens is 296 g/mol. The van der Waals surface area contributed by atoms with Crippen molar-refractivity contribution in [2.24, 2.45) is 0 Å². The summed E-state index contributed by atoms with van der Waals surface area (Å²) in [6, 6.07) is 6.02. The molecule has 4 heteroatoms. The third-order valence-corrected chi connectivity index (χ3v) is 2.97. The molecule has 0 unspecified atom stereocenters. The van der Waals surface area contributed by atoms with Gasteiger partial charge in [0.25, 0.3) is 0 Å². The Morgan fingerprint density at radius 1 is 1.17 bits per heavy atom. The Balaban J connectivity index is 2.65. The van der Waals surface area contributed by atoms with Gasteiger partial charge in [-0.15, -0.1) is 0 Å². The highest BCUT2D eigenvalue weighted by atomic mass is 79.9. The van der Waals surface area contributed by atoms with Crippen molar-refractivity contribution in [3.8, 4) is 5.75 Å². The molecule has 1 aromatic carbocycles. The van der Waals surface area contributed by atoms with Gasteiger partial charge in [0.05, 0.1) is 13.2 Å². The van der Waals surface area contributed by atoms with E-state index >= 15 is 0 Å². The molecule has 0 aromatic heterocycles. The lowest BCUT2D eigenvalue weighted by Gasteiger charge is -2.23. The van der Waals surface area contributed by atoms with E-state index in [4.69, 9.17) is 14.2 Å². The average molecular weight is 317 g/mol. The van der Waals surface area contributed by atoms with E-state index in [0.29, 0.717) is 13.2 Å². The van der Waals surface area contributed by atoms with E-state index in [1.165, 1.54) is 0 Å². The van der Waals surface area contributed by atoms with Crippen molar-refractivity contribution in [3.63, 3.8) is 0 Å². The molecule has 0 atom stereocenters.